The van der Waals surface area contributed by atoms with Crippen LogP contribution in [0, 0.1) is 26.7 Å². The van der Waals surface area contributed by atoms with Gasteiger partial charge in [-0.2, -0.15) is 0 Å². The fourth-order valence-corrected chi connectivity index (χ4v) is 3.87. The van der Waals surface area contributed by atoms with E-state index in [0.29, 0.717) is 18.0 Å². The van der Waals surface area contributed by atoms with Crippen LogP contribution in [0.3, 0.4) is 0 Å². The summed E-state index contributed by atoms with van der Waals surface area (Å²) in [6, 6.07) is 5.49. The zero-order chi connectivity index (χ0) is 14.9. The molecule has 2 N–H and O–H groups in total. The maximum atomic E-state index is 6.05. The van der Waals surface area contributed by atoms with Crippen LogP contribution in [0.25, 0.3) is 0 Å². The molecule has 0 aliphatic carbocycles. The van der Waals surface area contributed by atoms with Crippen molar-refractivity contribution in [1.82, 2.24) is 4.90 Å². The molecule has 0 amide bonds. The second kappa shape index (κ2) is 6.28. The molecule has 0 radical (unpaired) electrons. The van der Waals surface area contributed by atoms with Crippen molar-refractivity contribution in [2.75, 3.05) is 13.1 Å². The van der Waals surface area contributed by atoms with Gasteiger partial charge in [-0.25, -0.2) is 0 Å². The van der Waals surface area contributed by atoms with Gasteiger partial charge in [0.25, 0.3) is 0 Å². The number of nitrogens with zero attached hydrogens (tertiary/aromatic N) is 1. The van der Waals surface area contributed by atoms with E-state index in [4.69, 9.17) is 5.73 Å². The van der Waals surface area contributed by atoms with Gasteiger partial charge in [0.2, 0.25) is 0 Å². The smallest absolute Gasteiger partial charge is 0.0325 e. The van der Waals surface area contributed by atoms with Gasteiger partial charge < -0.3 is 5.73 Å². The molecular formula is C18H30N2. The Labute approximate surface area is 124 Å². The predicted molar refractivity (Wildman–Crippen MR) is 87.0 cm³/mol. The van der Waals surface area contributed by atoms with Gasteiger partial charge in [0.05, 0.1) is 0 Å². The summed E-state index contributed by atoms with van der Waals surface area (Å²) in [5.41, 5.74) is 11.8. The van der Waals surface area contributed by atoms with E-state index in [1.54, 1.807) is 0 Å². The molecule has 2 heteroatoms. The zero-order valence-corrected chi connectivity index (χ0v) is 13.7. The van der Waals surface area contributed by atoms with Crippen LogP contribution in [0.5, 0.6) is 0 Å². The number of piperidine rings is 1. The first-order chi connectivity index (χ1) is 9.40. The molecule has 0 saturated carbocycles. The van der Waals surface area contributed by atoms with Crippen LogP contribution >= 0.6 is 0 Å². The van der Waals surface area contributed by atoms with Crippen LogP contribution in [0.15, 0.2) is 12.1 Å². The summed E-state index contributed by atoms with van der Waals surface area (Å²) in [6.07, 6.45) is 2.48. The third kappa shape index (κ3) is 3.24. The number of likely N-dealkylation sites (tertiary alicyclic amines) is 1. The molecule has 1 aromatic rings. The molecule has 1 aliphatic heterocycles. The molecule has 1 fully saturated rings. The Morgan fingerprint density at radius 3 is 2.00 bits per heavy atom. The standard InChI is InChI=1S/C18H30N2/c1-12-10-13(2)18(14(3)11-12)16(5)20-8-6-17(7-9-20)15(4)19/h10-11,15-17H,6-9,19H2,1-5H3. The van der Waals surface area contributed by atoms with Gasteiger partial charge in [0.15, 0.2) is 0 Å². The number of benzene rings is 1. The highest BCUT2D eigenvalue weighted by Gasteiger charge is 2.26. The van der Waals surface area contributed by atoms with E-state index in [-0.39, 0.29) is 0 Å². The lowest BCUT2D eigenvalue weighted by atomic mass is 9.88. The number of hydrogen-bond acceptors (Lipinski definition) is 2. The highest BCUT2D eigenvalue weighted by Crippen LogP contribution is 2.31. The molecule has 20 heavy (non-hydrogen) atoms. The zero-order valence-electron chi connectivity index (χ0n) is 13.7. The van der Waals surface area contributed by atoms with Crippen molar-refractivity contribution in [2.24, 2.45) is 11.7 Å². The molecule has 2 nitrogen and oxygen atoms in total. The van der Waals surface area contributed by atoms with Crippen molar-refractivity contribution in [3.8, 4) is 0 Å². The normalized spacial score (nSPS) is 20.9. The summed E-state index contributed by atoms with van der Waals surface area (Å²) in [4.78, 5) is 2.63. The van der Waals surface area contributed by atoms with Crippen molar-refractivity contribution in [1.29, 1.82) is 0 Å². The van der Waals surface area contributed by atoms with Gasteiger partial charge in [-0.1, -0.05) is 17.7 Å². The molecule has 1 heterocycles. The summed E-state index contributed by atoms with van der Waals surface area (Å²) in [5.74, 6) is 0.707. The molecule has 0 aromatic heterocycles. The minimum Gasteiger partial charge on any atom is -0.328 e. The van der Waals surface area contributed by atoms with Gasteiger partial charge in [0.1, 0.15) is 0 Å². The van der Waals surface area contributed by atoms with Crippen molar-refractivity contribution in [2.45, 2.75) is 59.5 Å². The highest BCUT2D eigenvalue weighted by atomic mass is 15.2. The molecule has 2 unspecified atom stereocenters. The fourth-order valence-electron chi connectivity index (χ4n) is 3.87. The minimum atomic E-state index is 0.343. The number of hydrogen-bond donors (Lipinski definition) is 1. The SMILES string of the molecule is Cc1cc(C)c(C(C)N2CCC(C(C)N)CC2)c(C)c1. The van der Waals surface area contributed by atoms with Crippen LogP contribution in [0.1, 0.15) is 55.0 Å². The van der Waals surface area contributed by atoms with E-state index in [1.807, 2.05) is 0 Å². The average Bonchev–Trinajstić information content (AvgIpc) is 2.37. The van der Waals surface area contributed by atoms with E-state index >= 15 is 0 Å². The Hall–Kier alpha value is -0.860. The van der Waals surface area contributed by atoms with Crippen LogP contribution in [-0.2, 0) is 0 Å². The van der Waals surface area contributed by atoms with E-state index in [0.717, 1.165) is 0 Å². The Kier molecular flexibility index (Phi) is 4.87. The van der Waals surface area contributed by atoms with Gasteiger partial charge in [-0.3, -0.25) is 4.90 Å². The van der Waals surface area contributed by atoms with Gasteiger partial charge >= 0.3 is 0 Å². The first-order valence-electron chi connectivity index (χ1n) is 7.97. The Bertz CT molecular complexity index is 433. The lowest BCUT2D eigenvalue weighted by Crippen LogP contribution is -2.41. The monoisotopic (exact) mass is 274 g/mol. The second-order valence-electron chi connectivity index (χ2n) is 6.72. The molecule has 2 atom stereocenters. The van der Waals surface area contributed by atoms with E-state index in [2.05, 4.69) is 51.7 Å². The summed E-state index contributed by atoms with van der Waals surface area (Å²) in [5, 5.41) is 0. The molecule has 1 aromatic carbocycles. The maximum Gasteiger partial charge on any atom is 0.0325 e. The summed E-state index contributed by atoms with van der Waals surface area (Å²) >= 11 is 0. The third-order valence-corrected chi connectivity index (χ3v) is 5.02. The molecular weight excluding hydrogens is 244 g/mol. The van der Waals surface area contributed by atoms with Crippen LogP contribution in [-0.4, -0.2) is 24.0 Å². The summed E-state index contributed by atoms with van der Waals surface area (Å²) in [7, 11) is 0. The Balaban J connectivity index is 2.11. The van der Waals surface area contributed by atoms with Crippen LogP contribution in [0.4, 0.5) is 0 Å². The first kappa shape index (κ1) is 15.5. The number of aryl methyl sites for hydroxylation is 3. The number of rotatable bonds is 3. The fraction of sp³-hybridized carbons (Fsp3) is 0.667. The topological polar surface area (TPSA) is 29.3 Å². The molecule has 0 spiro atoms. The molecule has 1 aliphatic rings. The van der Waals surface area contributed by atoms with Gasteiger partial charge in [-0.05, 0) is 83.2 Å². The van der Waals surface area contributed by atoms with Gasteiger partial charge in [-0.15, -0.1) is 0 Å². The summed E-state index contributed by atoms with van der Waals surface area (Å²) < 4.78 is 0. The van der Waals surface area contributed by atoms with Gasteiger partial charge in [0, 0.05) is 12.1 Å². The van der Waals surface area contributed by atoms with Crippen LogP contribution < -0.4 is 5.73 Å². The average molecular weight is 274 g/mol. The minimum absolute atomic E-state index is 0.343. The molecule has 0 bridgehead atoms. The molecule has 1 saturated heterocycles. The quantitative estimate of drug-likeness (QED) is 0.910. The van der Waals surface area contributed by atoms with Crippen molar-refractivity contribution < 1.29 is 0 Å². The van der Waals surface area contributed by atoms with Crippen molar-refractivity contribution in [3.63, 3.8) is 0 Å². The Morgan fingerprint density at radius 2 is 1.55 bits per heavy atom. The first-order valence-corrected chi connectivity index (χ1v) is 7.97. The second-order valence-corrected chi connectivity index (χ2v) is 6.72. The van der Waals surface area contributed by atoms with Crippen molar-refractivity contribution in [3.05, 3.63) is 34.4 Å². The third-order valence-electron chi connectivity index (χ3n) is 5.02. The highest BCUT2D eigenvalue weighted by molar-refractivity contribution is 5.39. The largest absolute Gasteiger partial charge is 0.328 e. The van der Waals surface area contributed by atoms with Crippen molar-refractivity contribution >= 4 is 0 Å². The predicted octanol–water partition coefficient (Wildman–Crippen LogP) is 3.73. The summed E-state index contributed by atoms with van der Waals surface area (Å²) in [6.45, 7) is 13.6. The number of nitrogens with two attached hydrogens (primary N) is 1. The molecule has 2 rings (SSSR count). The van der Waals surface area contributed by atoms with E-state index in [9.17, 15) is 0 Å². The lowest BCUT2D eigenvalue weighted by molar-refractivity contribution is 0.132. The maximum absolute atomic E-state index is 6.05. The lowest BCUT2D eigenvalue weighted by Gasteiger charge is -2.38. The van der Waals surface area contributed by atoms with Crippen LogP contribution in [0.2, 0.25) is 0 Å². The van der Waals surface area contributed by atoms with E-state index in [1.165, 1.54) is 48.2 Å². The molecule has 112 valence electrons. The van der Waals surface area contributed by atoms with E-state index < -0.39 is 0 Å². The Morgan fingerprint density at radius 1 is 1.05 bits per heavy atom.